The lowest BCUT2D eigenvalue weighted by Crippen LogP contribution is -2.34. The van der Waals surface area contributed by atoms with Gasteiger partial charge in [-0.1, -0.05) is 12.1 Å². The number of hydrogen-bond donors (Lipinski definition) is 0. The summed E-state index contributed by atoms with van der Waals surface area (Å²) in [5.41, 5.74) is -0.392. The molecule has 120 valence electrons. The molecule has 2 rings (SSSR count). The van der Waals surface area contributed by atoms with Crippen molar-refractivity contribution in [3.8, 4) is 0 Å². The zero-order valence-corrected chi connectivity index (χ0v) is 12.2. The third-order valence-electron chi connectivity index (χ3n) is 3.11. The Bertz CT molecular complexity index is 555. The minimum atomic E-state index is -4.43. The summed E-state index contributed by atoms with van der Waals surface area (Å²) in [6.45, 7) is -0.151. The van der Waals surface area contributed by atoms with E-state index in [2.05, 4.69) is 0 Å². The quantitative estimate of drug-likeness (QED) is 0.627. The van der Waals surface area contributed by atoms with Crippen LogP contribution in [0.2, 0.25) is 0 Å². The fourth-order valence-electron chi connectivity index (χ4n) is 1.71. The fraction of sp³-hybridized carbons (Fsp3) is 0.429. The molecule has 0 atom stereocenters. The van der Waals surface area contributed by atoms with Crippen LogP contribution in [0.15, 0.2) is 24.3 Å². The lowest BCUT2D eigenvalue weighted by Gasteiger charge is -2.20. The van der Waals surface area contributed by atoms with Crippen molar-refractivity contribution < 1.29 is 27.6 Å². The Morgan fingerprint density at radius 1 is 1.23 bits per heavy atom. The van der Waals surface area contributed by atoms with Crippen molar-refractivity contribution in [3.63, 3.8) is 0 Å². The van der Waals surface area contributed by atoms with Gasteiger partial charge in [0.15, 0.2) is 0 Å². The second-order valence-electron chi connectivity index (χ2n) is 4.94. The molecule has 1 saturated carbocycles. The topological polar surface area (TPSA) is 46.6 Å². The first-order chi connectivity index (χ1) is 10.3. The first-order valence-corrected chi connectivity index (χ1v) is 7.09. The molecule has 0 bridgehead atoms. The van der Waals surface area contributed by atoms with Crippen LogP contribution in [0, 0.1) is 5.92 Å². The molecular weight excluding hydrogens is 323 g/mol. The number of hydrogen-bond acceptors (Lipinski definition) is 3. The SMILES string of the molecule is O=C(ON(Cc1ccc(C(F)(F)F)cc1)C(=O)CCl)C1CC1. The summed E-state index contributed by atoms with van der Waals surface area (Å²) >= 11 is 5.45. The van der Waals surface area contributed by atoms with E-state index in [1.807, 2.05) is 0 Å². The third kappa shape index (κ3) is 4.37. The maximum atomic E-state index is 12.5. The summed E-state index contributed by atoms with van der Waals surface area (Å²) in [7, 11) is 0. The zero-order chi connectivity index (χ0) is 16.3. The van der Waals surface area contributed by atoms with Gasteiger partial charge in [-0.05, 0) is 30.5 Å². The number of rotatable bonds is 4. The molecule has 0 aromatic heterocycles. The molecule has 1 aliphatic rings. The Kier molecular flexibility index (Phi) is 4.95. The predicted octanol–water partition coefficient (Wildman–Crippen LogP) is 3.14. The van der Waals surface area contributed by atoms with Gasteiger partial charge in [-0.25, -0.2) is 4.79 Å². The standard InChI is InChI=1S/C14H13ClF3NO3/c15-7-12(20)19(22-13(21)10-3-4-10)8-9-1-5-11(6-2-9)14(16,17)18/h1-2,5-6,10H,3-4,7-8H2. The van der Waals surface area contributed by atoms with Gasteiger partial charge in [0, 0.05) is 0 Å². The highest BCUT2D eigenvalue weighted by Gasteiger charge is 2.34. The Hall–Kier alpha value is -1.76. The number of carbonyl (C=O) groups excluding carboxylic acids is 2. The Morgan fingerprint density at radius 3 is 2.27 bits per heavy atom. The number of amides is 1. The van der Waals surface area contributed by atoms with Gasteiger partial charge in [0.2, 0.25) is 0 Å². The third-order valence-corrected chi connectivity index (χ3v) is 3.34. The molecule has 1 aromatic carbocycles. The summed E-state index contributed by atoms with van der Waals surface area (Å²) in [5.74, 6) is -1.75. The van der Waals surface area contributed by atoms with Crippen molar-refractivity contribution in [1.82, 2.24) is 5.06 Å². The molecule has 0 saturated heterocycles. The average molecular weight is 336 g/mol. The maximum Gasteiger partial charge on any atom is 0.416 e. The second-order valence-corrected chi connectivity index (χ2v) is 5.21. The largest absolute Gasteiger partial charge is 0.416 e. The van der Waals surface area contributed by atoms with Crippen LogP contribution in [0.25, 0.3) is 0 Å². The van der Waals surface area contributed by atoms with Crippen molar-refractivity contribution in [2.75, 3.05) is 5.88 Å². The van der Waals surface area contributed by atoms with Gasteiger partial charge in [-0.2, -0.15) is 18.2 Å². The Morgan fingerprint density at radius 2 is 1.82 bits per heavy atom. The van der Waals surface area contributed by atoms with Gasteiger partial charge >= 0.3 is 12.1 Å². The highest BCUT2D eigenvalue weighted by molar-refractivity contribution is 6.27. The maximum absolute atomic E-state index is 12.5. The van der Waals surface area contributed by atoms with Crippen LogP contribution in [0.3, 0.4) is 0 Å². The molecule has 22 heavy (non-hydrogen) atoms. The van der Waals surface area contributed by atoms with E-state index in [0.29, 0.717) is 18.4 Å². The van der Waals surface area contributed by atoms with E-state index in [1.54, 1.807) is 0 Å². The van der Waals surface area contributed by atoms with Crippen LogP contribution < -0.4 is 0 Å². The van der Waals surface area contributed by atoms with E-state index in [0.717, 1.165) is 17.2 Å². The van der Waals surface area contributed by atoms with Gasteiger partial charge < -0.3 is 4.84 Å². The molecule has 1 fully saturated rings. The first-order valence-electron chi connectivity index (χ1n) is 6.55. The molecule has 0 N–H and O–H groups in total. The normalized spacial score (nSPS) is 14.5. The molecule has 0 spiro atoms. The van der Waals surface area contributed by atoms with Crippen LogP contribution in [-0.2, 0) is 27.1 Å². The van der Waals surface area contributed by atoms with Crippen LogP contribution >= 0.6 is 11.6 Å². The van der Waals surface area contributed by atoms with E-state index >= 15 is 0 Å². The number of halogens is 4. The Labute approximate surface area is 129 Å². The molecule has 0 unspecified atom stereocenters. The van der Waals surface area contributed by atoms with Crippen molar-refractivity contribution in [3.05, 3.63) is 35.4 Å². The van der Waals surface area contributed by atoms with Crippen LogP contribution in [0.5, 0.6) is 0 Å². The van der Waals surface area contributed by atoms with Gasteiger partial charge in [0.05, 0.1) is 18.0 Å². The van der Waals surface area contributed by atoms with E-state index < -0.39 is 29.5 Å². The van der Waals surface area contributed by atoms with Crippen LogP contribution in [-0.4, -0.2) is 22.8 Å². The molecule has 1 aromatic rings. The highest BCUT2D eigenvalue weighted by atomic mass is 35.5. The van der Waals surface area contributed by atoms with Gasteiger partial charge in [-0.15, -0.1) is 11.6 Å². The monoisotopic (exact) mass is 335 g/mol. The molecule has 8 heteroatoms. The molecule has 1 amide bonds. The van der Waals surface area contributed by atoms with E-state index in [9.17, 15) is 22.8 Å². The Balaban J connectivity index is 2.05. The van der Waals surface area contributed by atoms with E-state index in [4.69, 9.17) is 16.4 Å². The summed E-state index contributed by atoms with van der Waals surface area (Å²) in [5, 5.41) is 0.788. The van der Waals surface area contributed by atoms with Crippen LogP contribution in [0.1, 0.15) is 24.0 Å². The van der Waals surface area contributed by atoms with Gasteiger partial charge in [0.1, 0.15) is 5.88 Å². The van der Waals surface area contributed by atoms with Crippen molar-refractivity contribution >= 4 is 23.5 Å². The number of carbonyl (C=O) groups is 2. The van der Waals surface area contributed by atoms with E-state index in [-0.39, 0.29) is 12.5 Å². The summed E-state index contributed by atoms with van der Waals surface area (Å²) < 4.78 is 37.4. The lowest BCUT2D eigenvalue weighted by molar-refractivity contribution is -0.200. The van der Waals surface area contributed by atoms with Gasteiger partial charge in [-0.3, -0.25) is 4.79 Å². The van der Waals surface area contributed by atoms with Crippen LogP contribution in [0.4, 0.5) is 13.2 Å². The van der Waals surface area contributed by atoms with Crippen molar-refractivity contribution in [2.45, 2.75) is 25.6 Å². The fourth-order valence-corrected chi connectivity index (χ4v) is 1.84. The summed E-state index contributed by atoms with van der Waals surface area (Å²) in [6.07, 6.45) is -3.01. The number of benzene rings is 1. The number of nitrogens with zero attached hydrogens (tertiary/aromatic N) is 1. The number of hydroxylamine groups is 2. The molecule has 4 nitrogen and oxygen atoms in total. The number of alkyl halides is 4. The molecule has 1 aliphatic carbocycles. The van der Waals surface area contributed by atoms with E-state index in [1.165, 1.54) is 12.1 Å². The minimum Gasteiger partial charge on any atom is -0.337 e. The predicted molar refractivity (Wildman–Crippen MR) is 71.5 cm³/mol. The van der Waals surface area contributed by atoms with Gasteiger partial charge in [0.25, 0.3) is 5.91 Å². The second kappa shape index (κ2) is 6.56. The minimum absolute atomic E-state index is 0.151. The molecule has 0 heterocycles. The van der Waals surface area contributed by atoms with Crippen molar-refractivity contribution in [1.29, 1.82) is 0 Å². The molecule has 0 radical (unpaired) electrons. The zero-order valence-electron chi connectivity index (χ0n) is 11.4. The lowest BCUT2D eigenvalue weighted by atomic mass is 10.1. The average Bonchev–Trinajstić information content (AvgIpc) is 3.30. The first kappa shape index (κ1) is 16.6. The van der Waals surface area contributed by atoms with Crippen molar-refractivity contribution in [2.24, 2.45) is 5.92 Å². The summed E-state index contributed by atoms with van der Waals surface area (Å²) in [6, 6.07) is 4.26. The molecule has 0 aliphatic heterocycles. The molecular formula is C14H13ClF3NO3. The highest BCUT2D eigenvalue weighted by Crippen LogP contribution is 2.31. The smallest absolute Gasteiger partial charge is 0.337 e. The summed E-state index contributed by atoms with van der Waals surface area (Å²) in [4.78, 5) is 28.2.